The van der Waals surface area contributed by atoms with Gasteiger partial charge in [-0.15, -0.1) is 0 Å². The molecule has 1 aromatic carbocycles. The maximum Gasteiger partial charge on any atom is 0.418 e. The van der Waals surface area contributed by atoms with Gasteiger partial charge in [0.1, 0.15) is 11.6 Å². The average Bonchev–Trinajstić information content (AvgIpc) is 3.25. The predicted octanol–water partition coefficient (Wildman–Crippen LogP) is 4.48. The number of nitrogens with one attached hydrogen (secondary N) is 1. The van der Waals surface area contributed by atoms with Crippen molar-refractivity contribution in [2.75, 3.05) is 6.61 Å². The van der Waals surface area contributed by atoms with E-state index in [0.29, 0.717) is 24.1 Å². The number of carbonyl (C=O) groups excluding carboxylic acids is 1. The number of nitrogens with zero attached hydrogens (tertiary/aromatic N) is 1. The second kappa shape index (κ2) is 7.75. The first kappa shape index (κ1) is 22.0. The normalized spacial score (nSPS) is 25.3. The summed E-state index contributed by atoms with van der Waals surface area (Å²) in [5.74, 6) is -2.56. The molecule has 1 aromatic heterocycles. The lowest BCUT2D eigenvalue weighted by Crippen LogP contribution is -2.41. The van der Waals surface area contributed by atoms with Crippen molar-refractivity contribution >= 4 is 22.2 Å². The van der Waals surface area contributed by atoms with Crippen LogP contribution in [0.2, 0.25) is 0 Å². The Bertz CT molecular complexity index is 1030. The molecule has 3 atom stereocenters. The van der Waals surface area contributed by atoms with Crippen LogP contribution in [0.25, 0.3) is 0 Å². The monoisotopic (exact) mass is 510 g/mol. The Labute approximate surface area is 179 Å². The van der Waals surface area contributed by atoms with E-state index in [1.807, 2.05) is 0 Å². The number of ether oxygens (including phenoxy) is 2. The topological polar surface area (TPSA) is 60.5 Å². The van der Waals surface area contributed by atoms with Gasteiger partial charge in [-0.25, -0.2) is 4.39 Å². The molecule has 1 spiro atoms. The Morgan fingerprint density at radius 1 is 1.35 bits per heavy atom. The van der Waals surface area contributed by atoms with E-state index in [-0.39, 0.29) is 28.8 Å². The number of rotatable bonds is 4. The van der Waals surface area contributed by atoms with Crippen LogP contribution in [0.15, 0.2) is 28.9 Å². The van der Waals surface area contributed by atoms with Crippen LogP contribution >= 0.6 is 15.9 Å². The van der Waals surface area contributed by atoms with Crippen molar-refractivity contribution in [2.24, 2.45) is 0 Å². The van der Waals surface area contributed by atoms with Crippen LogP contribution in [0.4, 0.5) is 26.3 Å². The second-order valence-corrected chi connectivity index (χ2v) is 8.01. The number of carbonyl (C=O) groups is 1. The van der Waals surface area contributed by atoms with Crippen molar-refractivity contribution in [3.05, 3.63) is 57.1 Å². The van der Waals surface area contributed by atoms with E-state index in [4.69, 9.17) is 4.74 Å². The van der Waals surface area contributed by atoms with Crippen molar-refractivity contribution in [3.63, 3.8) is 0 Å². The molecule has 1 N–H and O–H groups in total. The zero-order chi connectivity index (χ0) is 22.6. The molecule has 0 bridgehead atoms. The summed E-state index contributed by atoms with van der Waals surface area (Å²) in [6.45, 7) is -3.45. The molecule has 0 radical (unpaired) electrons. The first-order valence-corrected chi connectivity index (χ1v) is 9.70. The number of hydrogen-bond donors (Lipinski definition) is 1. The molecule has 1 aliphatic heterocycles. The van der Waals surface area contributed by atoms with Gasteiger partial charge < -0.3 is 9.47 Å². The standard InChI is InChI=1S/C19H13BrF6N2O3/c20-11-2-1-10-14(15(11)21)9(4-18(10)7-30-13(6-29)28-18)16-12(31-17(22)23)3-8(5-27-16)19(24,25)26/h1-3,5-6,9,13,17,28H,4,7H2. The van der Waals surface area contributed by atoms with Gasteiger partial charge in [-0.2, -0.15) is 22.0 Å². The lowest BCUT2D eigenvalue weighted by Gasteiger charge is -2.24. The van der Waals surface area contributed by atoms with E-state index in [1.165, 1.54) is 6.07 Å². The van der Waals surface area contributed by atoms with E-state index in [0.717, 1.165) is 0 Å². The van der Waals surface area contributed by atoms with Crippen LogP contribution in [0.3, 0.4) is 0 Å². The fourth-order valence-electron chi connectivity index (χ4n) is 4.11. The minimum atomic E-state index is -4.84. The quantitative estimate of drug-likeness (QED) is 0.485. The maximum atomic E-state index is 15.1. The summed E-state index contributed by atoms with van der Waals surface area (Å²) in [4.78, 5) is 14.9. The van der Waals surface area contributed by atoms with E-state index in [1.54, 1.807) is 6.07 Å². The van der Waals surface area contributed by atoms with Crippen molar-refractivity contribution in [1.29, 1.82) is 0 Å². The van der Waals surface area contributed by atoms with Crippen LogP contribution in [0.5, 0.6) is 5.75 Å². The summed E-state index contributed by atoms with van der Waals surface area (Å²) >= 11 is 3.06. The number of benzene rings is 1. The van der Waals surface area contributed by atoms with Gasteiger partial charge in [-0.1, -0.05) is 6.07 Å². The van der Waals surface area contributed by atoms with Gasteiger partial charge in [0, 0.05) is 17.7 Å². The summed E-state index contributed by atoms with van der Waals surface area (Å²) in [5, 5.41) is 2.95. The Kier molecular flexibility index (Phi) is 5.51. The highest BCUT2D eigenvalue weighted by molar-refractivity contribution is 9.10. The van der Waals surface area contributed by atoms with Crippen LogP contribution in [0.1, 0.15) is 34.7 Å². The summed E-state index contributed by atoms with van der Waals surface area (Å²) in [6.07, 6.45) is -4.82. The summed E-state index contributed by atoms with van der Waals surface area (Å²) in [7, 11) is 0. The van der Waals surface area contributed by atoms with E-state index in [9.17, 15) is 26.7 Å². The van der Waals surface area contributed by atoms with Gasteiger partial charge in [0.05, 0.1) is 27.9 Å². The summed E-state index contributed by atoms with van der Waals surface area (Å²) in [6, 6.07) is 3.43. The molecule has 166 valence electrons. The first-order valence-electron chi connectivity index (χ1n) is 8.90. The minimum absolute atomic E-state index is 0.00197. The Hall–Kier alpha value is -2.18. The summed E-state index contributed by atoms with van der Waals surface area (Å²) < 4.78 is 90.1. The highest BCUT2D eigenvalue weighted by Crippen LogP contribution is 2.53. The van der Waals surface area contributed by atoms with E-state index in [2.05, 4.69) is 31.0 Å². The maximum absolute atomic E-state index is 15.1. The molecule has 0 amide bonds. The molecular weight excluding hydrogens is 498 g/mol. The van der Waals surface area contributed by atoms with E-state index < -0.39 is 47.6 Å². The van der Waals surface area contributed by atoms with Crippen LogP contribution < -0.4 is 10.1 Å². The zero-order valence-electron chi connectivity index (χ0n) is 15.4. The summed E-state index contributed by atoms with van der Waals surface area (Å²) in [5.41, 5.74) is -2.17. The Morgan fingerprint density at radius 3 is 2.71 bits per heavy atom. The molecule has 5 nitrogen and oxygen atoms in total. The first-order chi connectivity index (χ1) is 14.6. The number of aldehydes is 1. The van der Waals surface area contributed by atoms with Gasteiger partial charge in [0.15, 0.2) is 12.5 Å². The molecule has 12 heteroatoms. The molecule has 2 aromatic rings. The van der Waals surface area contributed by atoms with Crippen LogP contribution in [-0.2, 0) is 21.2 Å². The SMILES string of the molecule is O=CC1NC2(CO1)CC(c1ncc(C(F)(F)F)cc1OC(F)F)c1c2ccc(Br)c1F. The van der Waals surface area contributed by atoms with Gasteiger partial charge in [0.25, 0.3) is 0 Å². The van der Waals surface area contributed by atoms with E-state index >= 15 is 4.39 Å². The molecule has 1 aliphatic carbocycles. The molecule has 31 heavy (non-hydrogen) atoms. The van der Waals surface area contributed by atoms with Gasteiger partial charge >= 0.3 is 12.8 Å². The number of aromatic nitrogens is 1. The third-order valence-electron chi connectivity index (χ3n) is 5.36. The fourth-order valence-corrected chi connectivity index (χ4v) is 4.46. The van der Waals surface area contributed by atoms with Crippen molar-refractivity contribution in [1.82, 2.24) is 10.3 Å². The Morgan fingerprint density at radius 2 is 2.10 bits per heavy atom. The smallest absolute Gasteiger partial charge is 0.418 e. The zero-order valence-corrected chi connectivity index (χ0v) is 16.9. The number of fused-ring (bicyclic) bond motifs is 2. The van der Waals surface area contributed by atoms with Crippen molar-refractivity contribution in [2.45, 2.75) is 36.9 Å². The van der Waals surface area contributed by atoms with Gasteiger partial charge in [-0.05, 0) is 40.0 Å². The van der Waals surface area contributed by atoms with Gasteiger partial charge in [0.2, 0.25) is 0 Å². The lowest BCUT2D eigenvalue weighted by molar-refractivity contribution is -0.138. The van der Waals surface area contributed by atoms with Crippen molar-refractivity contribution in [3.8, 4) is 5.75 Å². The Balaban J connectivity index is 1.87. The molecular formula is C19H13BrF6N2O3. The predicted molar refractivity (Wildman–Crippen MR) is 97.0 cm³/mol. The number of alkyl halides is 5. The van der Waals surface area contributed by atoms with Gasteiger partial charge in [-0.3, -0.25) is 15.1 Å². The number of halogens is 7. The molecule has 4 rings (SSSR count). The van der Waals surface area contributed by atoms with Crippen LogP contribution in [-0.4, -0.2) is 30.7 Å². The molecule has 2 heterocycles. The van der Waals surface area contributed by atoms with Crippen LogP contribution in [0, 0.1) is 5.82 Å². The highest BCUT2D eigenvalue weighted by atomic mass is 79.9. The molecule has 1 fully saturated rings. The fraction of sp³-hybridized carbons (Fsp3) is 0.368. The molecule has 3 unspecified atom stereocenters. The third-order valence-corrected chi connectivity index (χ3v) is 5.97. The largest absolute Gasteiger partial charge is 0.433 e. The molecule has 2 aliphatic rings. The molecule has 1 saturated heterocycles. The average molecular weight is 511 g/mol. The molecule has 0 saturated carbocycles. The van der Waals surface area contributed by atoms with Crippen molar-refractivity contribution < 1.29 is 40.6 Å². The second-order valence-electron chi connectivity index (χ2n) is 7.16. The lowest BCUT2D eigenvalue weighted by atomic mass is 9.92. The third kappa shape index (κ3) is 3.80. The minimum Gasteiger partial charge on any atom is -0.433 e. The highest BCUT2D eigenvalue weighted by Gasteiger charge is 2.52. The number of pyridine rings is 1. The number of hydrogen-bond acceptors (Lipinski definition) is 5.